The van der Waals surface area contributed by atoms with Gasteiger partial charge in [-0.05, 0) is 56.2 Å². The van der Waals surface area contributed by atoms with Crippen LogP contribution >= 0.6 is 11.3 Å². The first-order valence-electron chi connectivity index (χ1n) is 9.95. The van der Waals surface area contributed by atoms with Gasteiger partial charge in [-0.15, -0.1) is 11.3 Å². The van der Waals surface area contributed by atoms with E-state index in [-0.39, 0.29) is 11.5 Å². The maximum absolute atomic E-state index is 13.2. The van der Waals surface area contributed by atoms with E-state index in [9.17, 15) is 10.1 Å². The van der Waals surface area contributed by atoms with Crippen molar-refractivity contribution in [2.75, 3.05) is 12.4 Å². The van der Waals surface area contributed by atoms with Crippen molar-refractivity contribution < 1.29 is 14.1 Å². The maximum Gasteiger partial charge on any atom is 0.241 e. The van der Waals surface area contributed by atoms with Crippen molar-refractivity contribution >= 4 is 27.8 Å². The fraction of sp³-hybridized carbons (Fsp3) is 0.160. The minimum Gasteiger partial charge on any atom is -0.497 e. The minimum atomic E-state index is -0.296. The first-order chi connectivity index (χ1) is 15.4. The van der Waals surface area contributed by atoms with Crippen molar-refractivity contribution in [3.63, 3.8) is 0 Å². The summed E-state index contributed by atoms with van der Waals surface area (Å²) < 4.78 is 10.6. The van der Waals surface area contributed by atoms with Gasteiger partial charge in [-0.3, -0.25) is 4.79 Å². The number of rotatable bonds is 6. The number of thiophene rings is 1. The third-order valence-corrected chi connectivity index (χ3v) is 6.41. The average molecular weight is 444 g/mol. The molecule has 0 saturated carbocycles. The molecule has 2 aromatic carbocycles. The number of carbonyl (C=O) groups is 1. The van der Waals surface area contributed by atoms with E-state index in [0.29, 0.717) is 26.7 Å². The molecule has 0 aliphatic heterocycles. The monoisotopic (exact) mass is 443 g/mol. The molecule has 0 unspecified atom stereocenters. The van der Waals surface area contributed by atoms with Crippen molar-refractivity contribution in [1.29, 1.82) is 5.26 Å². The van der Waals surface area contributed by atoms with Crippen LogP contribution in [0, 0.1) is 32.1 Å². The average Bonchev–Trinajstić information content (AvgIpc) is 3.38. The summed E-state index contributed by atoms with van der Waals surface area (Å²) in [5.41, 5.74) is 5.58. The molecule has 0 aliphatic rings. The van der Waals surface area contributed by atoms with Gasteiger partial charge in [0.15, 0.2) is 0 Å². The van der Waals surface area contributed by atoms with Crippen LogP contribution in [-0.4, -0.2) is 18.0 Å². The molecule has 2 heterocycles. The van der Waals surface area contributed by atoms with Gasteiger partial charge in [0.2, 0.25) is 11.5 Å². The Bertz CT molecular complexity index is 1340. The summed E-state index contributed by atoms with van der Waals surface area (Å²) in [7, 11) is 1.60. The zero-order valence-corrected chi connectivity index (χ0v) is 19.0. The Morgan fingerprint density at radius 1 is 1.12 bits per heavy atom. The quantitative estimate of drug-likeness (QED) is 0.358. The van der Waals surface area contributed by atoms with Gasteiger partial charge >= 0.3 is 0 Å². The number of benzene rings is 2. The van der Waals surface area contributed by atoms with Gasteiger partial charge in [0.05, 0.1) is 17.6 Å². The van der Waals surface area contributed by atoms with Gasteiger partial charge in [-0.2, -0.15) is 5.26 Å². The normalized spacial score (nSPS) is 10.6. The van der Waals surface area contributed by atoms with Crippen LogP contribution < -0.4 is 10.1 Å². The van der Waals surface area contributed by atoms with Crippen molar-refractivity contribution in [3.05, 3.63) is 81.4 Å². The summed E-state index contributed by atoms with van der Waals surface area (Å²) in [6, 6.07) is 17.2. The molecule has 4 rings (SSSR count). The molecule has 6 nitrogen and oxygen atoms in total. The highest BCUT2D eigenvalue weighted by Crippen LogP contribution is 2.36. The van der Waals surface area contributed by atoms with E-state index in [2.05, 4.69) is 22.6 Å². The number of nitriles is 1. The van der Waals surface area contributed by atoms with Crippen LogP contribution in [0.1, 0.15) is 37.7 Å². The minimum absolute atomic E-state index is 0.143. The Balaban J connectivity index is 1.64. The number of hydrogen-bond donors (Lipinski definition) is 1. The lowest BCUT2D eigenvalue weighted by molar-refractivity contribution is 0.100. The second-order valence-electron chi connectivity index (χ2n) is 7.45. The number of nitrogens with one attached hydrogen (secondary N) is 1. The first kappa shape index (κ1) is 21.3. The topological polar surface area (TPSA) is 88.2 Å². The lowest BCUT2D eigenvalue weighted by Crippen LogP contribution is -1.99. The summed E-state index contributed by atoms with van der Waals surface area (Å²) in [6.07, 6.45) is 0. The van der Waals surface area contributed by atoms with E-state index in [1.807, 2.05) is 50.2 Å². The second-order valence-corrected chi connectivity index (χ2v) is 8.47. The second kappa shape index (κ2) is 8.69. The molecule has 0 fully saturated rings. The molecule has 160 valence electrons. The van der Waals surface area contributed by atoms with Crippen molar-refractivity contribution in [2.45, 2.75) is 20.8 Å². The van der Waals surface area contributed by atoms with Crippen LogP contribution in [-0.2, 0) is 0 Å². The molecule has 4 aromatic rings. The molecule has 7 heteroatoms. The zero-order chi connectivity index (χ0) is 22.8. The number of nitrogens with zero attached hydrogens (tertiary/aromatic N) is 2. The van der Waals surface area contributed by atoms with Crippen molar-refractivity contribution in [2.24, 2.45) is 0 Å². The highest BCUT2D eigenvalue weighted by Gasteiger charge is 2.25. The molecule has 0 bridgehead atoms. The highest BCUT2D eigenvalue weighted by atomic mass is 32.1. The number of aromatic nitrogens is 1. The predicted octanol–water partition coefficient (Wildman–Crippen LogP) is 6.18. The Morgan fingerprint density at radius 2 is 1.88 bits per heavy atom. The van der Waals surface area contributed by atoms with Gasteiger partial charge in [0.1, 0.15) is 22.5 Å². The fourth-order valence-corrected chi connectivity index (χ4v) is 4.60. The highest BCUT2D eigenvalue weighted by molar-refractivity contribution is 7.18. The molecule has 0 radical (unpaired) electrons. The van der Waals surface area contributed by atoms with E-state index in [1.165, 1.54) is 11.3 Å². The summed E-state index contributed by atoms with van der Waals surface area (Å²) in [4.78, 5) is 13.6. The number of anilines is 2. The summed E-state index contributed by atoms with van der Waals surface area (Å²) in [5, 5.41) is 17.6. The summed E-state index contributed by atoms with van der Waals surface area (Å²) in [6.45, 7) is 5.79. The van der Waals surface area contributed by atoms with Crippen LogP contribution in [0.3, 0.4) is 0 Å². The number of aryl methyl sites for hydroxylation is 2. The van der Waals surface area contributed by atoms with Gasteiger partial charge in [0.25, 0.3) is 0 Å². The summed E-state index contributed by atoms with van der Waals surface area (Å²) >= 11 is 1.23. The standard InChI is InChI=1S/C25H21N3O3S/c1-14-5-10-19(15(2)11-14)21-12-22(31-28-21)23(29)24-16(3)20(13-26)25(32-24)27-17-6-8-18(30-4)9-7-17/h5-12,27H,1-4H3. The largest absolute Gasteiger partial charge is 0.497 e. The lowest BCUT2D eigenvalue weighted by Gasteiger charge is -2.05. The van der Waals surface area contributed by atoms with Crippen LogP contribution in [0.5, 0.6) is 5.75 Å². The van der Waals surface area contributed by atoms with Gasteiger partial charge in [-0.25, -0.2) is 0 Å². The van der Waals surface area contributed by atoms with Gasteiger partial charge in [-0.1, -0.05) is 28.9 Å². The molecule has 0 atom stereocenters. The Labute approximate surface area is 190 Å². The number of ether oxygens (including phenoxy) is 1. The predicted molar refractivity (Wildman–Crippen MR) is 125 cm³/mol. The number of carbonyl (C=O) groups excluding carboxylic acids is 1. The molecule has 0 amide bonds. The SMILES string of the molecule is COc1ccc(Nc2sc(C(=O)c3cc(-c4ccc(C)cc4C)no3)c(C)c2C#N)cc1. The molecule has 2 aromatic heterocycles. The first-order valence-corrected chi connectivity index (χ1v) is 10.8. The van der Waals surface area contributed by atoms with E-state index in [0.717, 1.165) is 28.1 Å². The summed E-state index contributed by atoms with van der Waals surface area (Å²) in [5.74, 6) is 0.583. The molecule has 0 saturated heterocycles. The number of hydrogen-bond acceptors (Lipinski definition) is 7. The van der Waals surface area contributed by atoms with Crippen LogP contribution in [0.25, 0.3) is 11.3 Å². The Morgan fingerprint density at radius 3 is 2.53 bits per heavy atom. The molecular formula is C25H21N3O3S. The van der Waals surface area contributed by atoms with Crippen molar-refractivity contribution in [3.8, 4) is 23.1 Å². The van der Waals surface area contributed by atoms with Crippen molar-refractivity contribution in [1.82, 2.24) is 5.16 Å². The molecule has 32 heavy (non-hydrogen) atoms. The van der Waals surface area contributed by atoms with E-state index in [1.54, 1.807) is 20.1 Å². The molecule has 0 aliphatic carbocycles. The molecular weight excluding hydrogens is 422 g/mol. The molecule has 1 N–H and O–H groups in total. The van der Waals surface area contributed by atoms with Crippen LogP contribution in [0.15, 0.2) is 53.1 Å². The lowest BCUT2D eigenvalue weighted by atomic mass is 10.0. The zero-order valence-electron chi connectivity index (χ0n) is 18.1. The Hall–Kier alpha value is -3.89. The van der Waals surface area contributed by atoms with Crippen LogP contribution in [0.4, 0.5) is 10.7 Å². The van der Waals surface area contributed by atoms with E-state index < -0.39 is 0 Å². The Kier molecular flexibility index (Phi) is 5.80. The third-order valence-electron chi connectivity index (χ3n) is 5.20. The van der Waals surface area contributed by atoms with E-state index >= 15 is 0 Å². The molecule has 0 spiro atoms. The fourth-order valence-electron chi connectivity index (χ4n) is 3.48. The smallest absolute Gasteiger partial charge is 0.241 e. The van der Waals surface area contributed by atoms with Gasteiger partial charge < -0.3 is 14.6 Å². The maximum atomic E-state index is 13.2. The number of ketones is 1. The van der Waals surface area contributed by atoms with Gasteiger partial charge in [0, 0.05) is 17.3 Å². The van der Waals surface area contributed by atoms with E-state index in [4.69, 9.17) is 9.26 Å². The number of methoxy groups -OCH3 is 1. The third kappa shape index (κ3) is 4.01. The van der Waals surface area contributed by atoms with Crippen LogP contribution in [0.2, 0.25) is 0 Å².